The number of Topliss-reactive ketones (excluding diaryl/α,β-unsaturated/α-hetero) is 1. The number of amides is 1. The molecule has 0 unspecified atom stereocenters. The van der Waals surface area contributed by atoms with E-state index < -0.39 is 0 Å². The van der Waals surface area contributed by atoms with Crippen LogP contribution in [0.15, 0.2) is 56.7 Å². The van der Waals surface area contributed by atoms with E-state index in [0.717, 1.165) is 20.0 Å². The Kier molecular flexibility index (Phi) is 6.74. The first-order chi connectivity index (χ1) is 11.0. The molecule has 0 aliphatic carbocycles. The van der Waals surface area contributed by atoms with Crippen LogP contribution in [0.5, 0.6) is 0 Å². The van der Waals surface area contributed by atoms with Gasteiger partial charge in [-0.05, 0) is 52.5 Å². The number of anilines is 1. The zero-order valence-corrected chi connectivity index (χ0v) is 16.0. The van der Waals surface area contributed by atoms with Crippen molar-refractivity contribution in [3.05, 3.63) is 52.5 Å². The van der Waals surface area contributed by atoms with E-state index in [-0.39, 0.29) is 11.7 Å². The second-order valence-electron chi connectivity index (χ2n) is 4.74. The number of nitrogens with one attached hydrogen (secondary N) is 1. The Labute approximate surface area is 152 Å². The summed E-state index contributed by atoms with van der Waals surface area (Å²) >= 11 is 6.49. The maximum Gasteiger partial charge on any atom is 0.221 e. The van der Waals surface area contributed by atoms with Gasteiger partial charge in [0.1, 0.15) is 0 Å². The highest BCUT2D eigenvalue weighted by molar-refractivity contribution is 9.10. The Hall–Kier alpha value is -1.24. The molecule has 23 heavy (non-hydrogen) atoms. The van der Waals surface area contributed by atoms with Crippen LogP contribution >= 0.6 is 39.5 Å². The summed E-state index contributed by atoms with van der Waals surface area (Å²) in [5, 5.41) is 2.77. The number of thioether (sulfide) groups is 2. The van der Waals surface area contributed by atoms with Gasteiger partial charge >= 0.3 is 0 Å². The Bertz CT molecular complexity index is 734. The average Bonchev–Trinajstić information content (AvgIpc) is 2.53. The number of halogens is 1. The van der Waals surface area contributed by atoms with Gasteiger partial charge in [-0.1, -0.05) is 12.1 Å². The van der Waals surface area contributed by atoms with Gasteiger partial charge in [0.05, 0.1) is 11.4 Å². The zero-order chi connectivity index (χ0) is 16.8. The lowest BCUT2D eigenvalue weighted by Crippen LogP contribution is -2.08. The molecule has 0 atom stereocenters. The third-order valence-electron chi connectivity index (χ3n) is 3.03. The molecule has 3 nitrogen and oxygen atoms in total. The molecule has 2 aromatic rings. The predicted octanol–water partition coefficient (Wildman–Crippen LogP) is 5.10. The van der Waals surface area contributed by atoms with Gasteiger partial charge in [-0.15, -0.1) is 23.5 Å². The maximum atomic E-state index is 12.4. The molecule has 0 heterocycles. The molecular weight excluding hydrogens is 394 g/mol. The number of hydrogen-bond acceptors (Lipinski definition) is 4. The minimum absolute atomic E-state index is 0.0652. The van der Waals surface area contributed by atoms with Crippen molar-refractivity contribution in [2.24, 2.45) is 0 Å². The third-order valence-corrected chi connectivity index (χ3v) is 5.83. The van der Waals surface area contributed by atoms with E-state index in [4.69, 9.17) is 0 Å². The summed E-state index contributed by atoms with van der Waals surface area (Å²) in [7, 11) is 0. The Morgan fingerprint density at radius 1 is 1.13 bits per heavy atom. The molecule has 0 bridgehead atoms. The summed E-state index contributed by atoms with van der Waals surface area (Å²) in [5.41, 5.74) is 1.39. The summed E-state index contributed by atoms with van der Waals surface area (Å²) in [4.78, 5) is 25.5. The summed E-state index contributed by atoms with van der Waals surface area (Å²) in [6.07, 6.45) is 1.92. The van der Waals surface area contributed by atoms with Gasteiger partial charge in [0.2, 0.25) is 5.91 Å². The number of rotatable bonds is 6. The van der Waals surface area contributed by atoms with Crippen LogP contribution in [-0.2, 0) is 4.79 Å². The van der Waals surface area contributed by atoms with Crippen molar-refractivity contribution < 1.29 is 9.59 Å². The van der Waals surface area contributed by atoms with Crippen molar-refractivity contribution in [2.45, 2.75) is 16.7 Å². The molecule has 0 fully saturated rings. The largest absolute Gasteiger partial charge is 0.325 e. The maximum absolute atomic E-state index is 12.4. The average molecular weight is 410 g/mol. The van der Waals surface area contributed by atoms with E-state index in [1.165, 1.54) is 30.4 Å². The van der Waals surface area contributed by atoms with Gasteiger partial charge in [0.15, 0.2) is 5.78 Å². The van der Waals surface area contributed by atoms with Crippen LogP contribution < -0.4 is 5.32 Å². The molecule has 0 saturated carbocycles. The summed E-state index contributed by atoms with van der Waals surface area (Å²) in [6, 6.07) is 13.2. The monoisotopic (exact) mass is 409 g/mol. The smallest absolute Gasteiger partial charge is 0.221 e. The van der Waals surface area contributed by atoms with E-state index >= 15 is 0 Å². The van der Waals surface area contributed by atoms with E-state index in [1.807, 2.05) is 36.6 Å². The van der Waals surface area contributed by atoms with Gasteiger partial charge in [0.25, 0.3) is 0 Å². The minimum Gasteiger partial charge on any atom is -0.325 e. The van der Waals surface area contributed by atoms with Crippen molar-refractivity contribution in [2.75, 3.05) is 17.3 Å². The fraction of sp³-hybridized carbons (Fsp3) is 0.176. The van der Waals surface area contributed by atoms with Crippen LogP contribution in [0.25, 0.3) is 0 Å². The van der Waals surface area contributed by atoms with Gasteiger partial charge in [-0.3, -0.25) is 9.59 Å². The van der Waals surface area contributed by atoms with Crippen LogP contribution in [-0.4, -0.2) is 23.7 Å². The first-order valence-corrected chi connectivity index (χ1v) is 9.87. The number of hydrogen-bond donors (Lipinski definition) is 1. The standard InChI is InChI=1S/C17H16BrNO2S2/c1-11(20)19-14-8-7-12(9-17(14)22-2)15(21)10-23-16-6-4-3-5-13(16)18/h3-9H,10H2,1-2H3,(H,19,20). The second-order valence-corrected chi connectivity index (χ2v) is 7.46. The van der Waals surface area contributed by atoms with Crippen molar-refractivity contribution in [3.63, 3.8) is 0 Å². The summed E-state index contributed by atoms with van der Waals surface area (Å²) in [6.45, 7) is 1.47. The number of carbonyl (C=O) groups is 2. The number of carbonyl (C=O) groups excluding carboxylic acids is 2. The summed E-state index contributed by atoms with van der Waals surface area (Å²) < 4.78 is 0.989. The van der Waals surface area contributed by atoms with E-state index in [9.17, 15) is 9.59 Å². The Balaban J connectivity index is 2.10. The molecular formula is C17H16BrNO2S2. The number of benzene rings is 2. The van der Waals surface area contributed by atoms with E-state index in [1.54, 1.807) is 12.1 Å². The molecule has 0 saturated heterocycles. The Morgan fingerprint density at radius 3 is 2.52 bits per heavy atom. The topological polar surface area (TPSA) is 46.2 Å². The molecule has 120 valence electrons. The van der Waals surface area contributed by atoms with Crippen LogP contribution in [0.3, 0.4) is 0 Å². The minimum atomic E-state index is -0.121. The van der Waals surface area contributed by atoms with E-state index in [2.05, 4.69) is 21.2 Å². The van der Waals surface area contributed by atoms with Gasteiger partial charge in [-0.25, -0.2) is 0 Å². The van der Waals surface area contributed by atoms with Crippen molar-refractivity contribution >= 4 is 56.8 Å². The molecule has 0 aliphatic rings. The third kappa shape index (κ3) is 5.12. The molecule has 1 amide bonds. The highest BCUT2D eigenvalue weighted by Crippen LogP contribution is 2.30. The first kappa shape index (κ1) is 18.1. The predicted molar refractivity (Wildman–Crippen MR) is 102 cm³/mol. The van der Waals surface area contributed by atoms with Crippen LogP contribution in [0.2, 0.25) is 0 Å². The first-order valence-electron chi connectivity index (χ1n) is 6.87. The van der Waals surface area contributed by atoms with Crippen molar-refractivity contribution in [3.8, 4) is 0 Å². The lowest BCUT2D eigenvalue weighted by atomic mass is 10.1. The fourth-order valence-electron chi connectivity index (χ4n) is 1.95. The highest BCUT2D eigenvalue weighted by Gasteiger charge is 2.11. The Morgan fingerprint density at radius 2 is 1.87 bits per heavy atom. The fourth-order valence-corrected chi connectivity index (χ4v) is 3.99. The lowest BCUT2D eigenvalue weighted by Gasteiger charge is -2.10. The molecule has 2 rings (SSSR count). The summed E-state index contributed by atoms with van der Waals surface area (Å²) in [5.74, 6) is 0.315. The van der Waals surface area contributed by atoms with Crippen LogP contribution in [0.4, 0.5) is 5.69 Å². The normalized spacial score (nSPS) is 10.4. The molecule has 6 heteroatoms. The quantitative estimate of drug-likeness (QED) is 0.532. The lowest BCUT2D eigenvalue weighted by molar-refractivity contribution is -0.114. The molecule has 0 aliphatic heterocycles. The highest BCUT2D eigenvalue weighted by atomic mass is 79.9. The van der Waals surface area contributed by atoms with Crippen LogP contribution in [0, 0.1) is 0 Å². The van der Waals surface area contributed by atoms with Gasteiger partial charge in [0, 0.05) is 26.8 Å². The molecule has 0 spiro atoms. The molecule has 0 radical (unpaired) electrons. The van der Waals surface area contributed by atoms with Gasteiger partial charge < -0.3 is 5.32 Å². The van der Waals surface area contributed by atoms with Crippen molar-refractivity contribution in [1.82, 2.24) is 0 Å². The molecule has 2 aromatic carbocycles. The van der Waals surface area contributed by atoms with Crippen LogP contribution in [0.1, 0.15) is 17.3 Å². The SMILES string of the molecule is CSc1cc(C(=O)CSc2ccccc2Br)ccc1NC(C)=O. The number of ketones is 1. The molecule has 1 N–H and O–H groups in total. The zero-order valence-electron chi connectivity index (χ0n) is 12.8. The van der Waals surface area contributed by atoms with E-state index in [0.29, 0.717) is 11.3 Å². The van der Waals surface area contributed by atoms with Crippen molar-refractivity contribution in [1.29, 1.82) is 0 Å². The molecule has 0 aromatic heterocycles. The second kappa shape index (κ2) is 8.57. The van der Waals surface area contributed by atoms with Gasteiger partial charge in [-0.2, -0.15) is 0 Å².